The predicted octanol–water partition coefficient (Wildman–Crippen LogP) is 10.6. The molecule has 0 saturated heterocycles. The molecule has 0 atom stereocenters. The van der Waals surface area contributed by atoms with Crippen LogP contribution in [0.25, 0.3) is 88.8 Å². The number of rotatable bonds is 4. The standard InChI is InChI=1S/C43H27N5/c1-3-14-29(15-4-1)41-44-42(30-16-5-2-6-17-30)46-43(45-41)48-36-21-11-9-19-33(36)34-25-26-38-39(40(34)48)35-20-10-12-22-37(35)47(38)32-24-23-28-13-7-8-18-31(28)27-32/h1-27H. The van der Waals surface area contributed by atoms with Gasteiger partial charge in [0.1, 0.15) is 0 Å². The van der Waals surface area contributed by atoms with Gasteiger partial charge in [-0.3, -0.25) is 4.57 Å². The Morgan fingerprint density at radius 3 is 1.67 bits per heavy atom. The molecule has 224 valence electrons. The maximum absolute atomic E-state index is 5.19. The molecule has 0 bridgehead atoms. The molecule has 10 rings (SSSR count). The zero-order chi connectivity index (χ0) is 31.6. The molecule has 3 heterocycles. The van der Waals surface area contributed by atoms with Crippen LogP contribution < -0.4 is 0 Å². The van der Waals surface area contributed by atoms with E-state index in [0.717, 1.165) is 55.0 Å². The molecule has 48 heavy (non-hydrogen) atoms. The van der Waals surface area contributed by atoms with Crippen molar-refractivity contribution in [2.24, 2.45) is 0 Å². The average Bonchev–Trinajstić information content (AvgIpc) is 3.68. The second kappa shape index (κ2) is 10.5. The van der Waals surface area contributed by atoms with E-state index in [9.17, 15) is 0 Å². The summed E-state index contributed by atoms with van der Waals surface area (Å²) in [6.07, 6.45) is 0. The Kier molecular flexibility index (Phi) is 5.81. The monoisotopic (exact) mass is 613 g/mol. The molecule has 7 aromatic carbocycles. The van der Waals surface area contributed by atoms with Crippen molar-refractivity contribution in [1.82, 2.24) is 24.1 Å². The first-order chi connectivity index (χ1) is 23.8. The van der Waals surface area contributed by atoms with E-state index < -0.39 is 0 Å². The van der Waals surface area contributed by atoms with Gasteiger partial charge in [0.25, 0.3) is 0 Å². The van der Waals surface area contributed by atoms with Crippen molar-refractivity contribution in [2.75, 3.05) is 0 Å². The molecule has 3 aromatic heterocycles. The molecular formula is C43H27N5. The van der Waals surface area contributed by atoms with Crippen LogP contribution in [0.5, 0.6) is 0 Å². The molecule has 5 heteroatoms. The Morgan fingerprint density at radius 1 is 0.375 bits per heavy atom. The second-order valence-electron chi connectivity index (χ2n) is 12.1. The van der Waals surface area contributed by atoms with Crippen molar-refractivity contribution < 1.29 is 0 Å². The van der Waals surface area contributed by atoms with Crippen molar-refractivity contribution in [2.45, 2.75) is 0 Å². The van der Waals surface area contributed by atoms with Gasteiger partial charge in [0.15, 0.2) is 11.6 Å². The summed E-state index contributed by atoms with van der Waals surface area (Å²) in [7, 11) is 0. The SMILES string of the molecule is c1ccc(-c2nc(-c3ccccc3)nc(-n3c4ccccc4c4ccc5c(c6ccccc6n5-c5ccc6ccccc6c5)c43)n2)cc1. The van der Waals surface area contributed by atoms with Gasteiger partial charge < -0.3 is 4.57 Å². The van der Waals surface area contributed by atoms with E-state index in [1.807, 2.05) is 36.4 Å². The Balaban J connectivity index is 1.35. The molecule has 0 radical (unpaired) electrons. The van der Waals surface area contributed by atoms with Crippen LogP contribution in [0.4, 0.5) is 0 Å². The number of hydrogen-bond acceptors (Lipinski definition) is 3. The molecule has 0 aliphatic heterocycles. The van der Waals surface area contributed by atoms with E-state index in [2.05, 4.69) is 137 Å². The van der Waals surface area contributed by atoms with Gasteiger partial charge in [0.2, 0.25) is 5.95 Å². The number of nitrogens with zero attached hydrogens (tertiary/aromatic N) is 5. The van der Waals surface area contributed by atoms with Crippen LogP contribution in [-0.4, -0.2) is 24.1 Å². The van der Waals surface area contributed by atoms with Crippen LogP contribution in [0.1, 0.15) is 0 Å². The normalized spacial score (nSPS) is 11.8. The molecule has 0 saturated carbocycles. The van der Waals surface area contributed by atoms with Gasteiger partial charge in [0.05, 0.1) is 22.1 Å². The molecule has 0 aliphatic rings. The zero-order valence-corrected chi connectivity index (χ0v) is 25.8. The molecule has 0 amide bonds. The average molecular weight is 614 g/mol. The number of para-hydroxylation sites is 2. The van der Waals surface area contributed by atoms with Crippen molar-refractivity contribution in [3.63, 3.8) is 0 Å². The minimum atomic E-state index is 0.587. The first kappa shape index (κ1) is 26.6. The fourth-order valence-electron chi connectivity index (χ4n) is 7.21. The summed E-state index contributed by atoms with van der Waals surface area (Å²) < 4.78 is 4.63. The maximum Gasteiger partial charge on any atom is 0.238 e. The van der Waals surface area contributed by atoms with Gasteiger partial charge in [0, 0.05) is 38.4 Å². The van der Waals surface area contributed by atoms with Crippen molar-refractivity contribution in [1.29, 1.82) is 0 Å². The molecule has 10 aromatic rings. The minimum Gasteiger partial charge on any atom is -0.309 e. The van der Waals surface area contributed by atoms with E-state index in [1.165, 1.54) is 16.2 Å². The Bertz CT molecular complexity index is 2770. The lowest BCUT2D eigenvalue weighted by molar-refractivity contribution is 0.955. The zero-order valence-electron chi connectivity index (χ0n) is 25.8. The smallest absolute Gasteiger partial charge is 0.238 e. The fraction of sp³-hybridized carbons (Fsp3) is 0. The van der Waals surface area contributed by atoms with Gasteiger partial charge >= 0.3 is 0 Å². The summed E-state index contributed by atoms with van der Waals surface area (Å²) in [5.74, 6) is 1.86. The van der Waals surface area contributed by atoms with Crippen LogP contribution in [0.2, 0.25) is 0 Å². The highest BCUT2D eigenvalue weighted by atomic mass is 15.2. The Morgan fingerprint density at radius 2 is 0.958 bits per heavy atom. The largest absolute Gasteiger partial charge is 0.309 e. The van der Waals surface area contributed by atoms with Crippen LogP contribution in [-0.2, 0) is 0 Å². The molecule has 0 N–H and O–H groups in total. The number of benzene rings is 7. The fourth-order valence-corrected chi connectivity index (χ4v) is 7.21. The molecule has 0 fully saturated rings. The molecule has 0 aliphatic carbocycles. The minimum absolute atomic E-state index is 0.587. The topological polar surface area (TPSA) is 48.5 Å². The van der Waals surface area contributed by atoms with Crippen molar-refractivity contribution >= 4 is 54.4 Å². The molecule has 0 spiro atoms. The molecular weight excluding hydrogens is 587 g/mol. The quantitative estimate of drug-likeness (QED) is 0.198. The number of hydrogen-bond donors (Lipinski definition) is 0. The van der Waals surface area contributed by atoms with Gasteiger partial charge in [-0.1, -0.05) is 133 Å². The summed E-state index contributed by atoms with van der Waals surface area (Å²) in [6, 6.07) is 57.3. The van der Waals surface area contributed by atoms with Gasteiger partial charge in [-0.05, 0) is 41.1 Å². The van der Waals surface area contributed by atoms with Crippen LogP contribution in [0.15, 0.2) is 164 Å². The van der Waals surface area contributed by atoms with E-state index in [1.54, 1.807) is 0 Å². The van der Waals surface area contributed by atoms with Crippen LogP contribution >= 0.6 is 0 Å². The van der Waals surface area contributed by atoms with E-state index >= 15 is 0 Å². The van der Waals surface area contributed by atoms with Crippen molar-refractivity contribution in [3.05, 3.63) is 164 Å². The lowest BCUT2D eigenvalue weighted by Gasteiger charge is -2.12. The Labute approximate surface area is 276 Å². The van der Waals surface area contributed by atoms with E-state index in [-0.39, 0.29) is 0 Å². The summed E-state index contributed by atoms with van der Waals surface area (Å²) in [5.41, 5.74) is 7.41. The van der Waals surface area contributed by atoms with E-state index in [4.69, 9.17) is 15.0 Å². The predicted molar refractivity (Wildman–Crippen MR) is 197 cm³/mol. The Hall–Kier alpha value is -6.59. The third-order valence-corrected chi connectivity index (χ3v) is 9.35. The van der Waals surface area contributed by atoms with Gasteiger partial charge in [-0.25, -0.2) is 4.98 Å². The third kappa shape index (κ3) is 4.01. The highest BCUT2D eigenvalue weighted by Crippen LogP contribution is 2.42. The summed E-state index contributed by atoms with van der Waals surface area (Å²) in [6.45, 7) is 0. The number of fused-ring (bicyclic) bond motifs is 8. The molecule has 0 unspecified atom stereocenters. The van der Waals surface area contributed by atoms with Crippen molar-refractivity contribution in [3.8, 4) is 34.4 Å². The lowest BCUT2D eigenvalue weighted by Crippen LogP contribution is -2.06. The van der Waals surface area contributed by atoms with Crippen LogP contribution in [0.3, 0.4) is 0 Å². The summed E-state index contributed by atoms with van der Waals surface area (Å²) in [5, 5.41) is 7.08. The highest BCUT2D eigenvalue weighted by molar-refractivity contribution is 6.26. The first-order valence-electron chi connectivity index (χ1n) is 16.1. The number of aromatic nitrogens is 5. The third-order valence-electron chi connectivity index (χ3n) is 9.35. The van der Waals surface area contributed by atoms with Crippen LogP contribution in [0, 0.1) is 0 Å². The lowest BCUT2D eigenvalue weighted by atomic mass is 10.1. The molecule has 5 nitrogen and oxygen atoms in total. The summed E-state index contributed by atoms with van der Waals surface area (Å²) >= 11 is 0. The maximum atomic E-state index is 5.19. The second-order valence-corrected chi connectivity index (χ2v) is 12.1. The highest BCUT2D eigenvalue weighted by Gasteiger charge is 2.23. The van der Waals surface area contributed by atoms with Gasteiger partial charge in [-0.2, -0.15) is 9.97 Å². The van der Waals surface area contributed by atoms with Gasteiger partial charge in [-0.15, -0.1) is 0 Å². The summed E-state index contributed by atoms with van der Waals surface area (Å²) in [4.78, 5) is 15.4. The first-order valence-corrected chi connectivity index (χ1v) is 16.1. The van der Waals surface area contributed by atoms with E-state index in [0.29, 0.717) is 17.6 Å².